The number of halogens is 2. The van der Waals surface area contributed by atoms with Crippen LogP contribution in [0.3, 0.4) is 0 Å². The first-order chi connectivity index (χ1) is 11.0. The van der Waals surface area contributed by atoms with Gasteiger partial charge in [-0.3, -0.25) is 14.5 Å². The maximum Gasteiger partial charge on any atom is 0.306 e. The van der Waals surface area contributed by atoms with Crippen molar-refractivity contribution in [3.8, 4) is 0 Å². The van der Waals surface area contributed by atoms with Gasteiger partial charge < -0.3 is 9.64 Å². The lowest BCUT2D eigenvalue weighted by atomic mass is 10.2. The average molecular weight is 326 g/mol. The minimum atomic E-state index is -0.852. The molecule has 1 aliphatic rings. The van der Waals surface area contributed by atoms with Crippen molar-refractivity contribution in [2.24, 2.45) is 0 Å². The predicted octanol–water partition coefficient (Wildman–Crippen LogP) is 1.56. The molecule has 0 spiro atoms. The number of benzene rings is 1. The molecular weight excluding hydrogens is 306 g/mol. The summed E-state index contributed by atoms with van der Waals surface area (Å²) in [6, 6.07) is 3.88. The summed E-state index contributed by atoms with van der Waals surface area (Å²) in [6.45, 7) is 2.95. The van der Waals surface area contributed by atoms with Crippen LogP contribution in [0.1, 0.15) is 18.4 Å². The fourth-order valence-electron chi connectivity index (χ4n) is 2.52. The fraction of sp³-hybridized carbons (Fsp3) is 0.500. The summed E-state index contributed by atoms with van der Waals surface area (Å²) in [6.07, 6.45) is 0.236. The largest absolute Gasteiger partial charge is 0.469 e. The van der Waals surface area contributed by atoms with Crippen molar-refractivity contribution in [2.45, 2.75) is 19.4 Å². The first-order valence-electron chi connectivity index (χ1n) is 7.50. The van der Waals surface area contributed by atoms with E-state index in [0.717, 1.165) is 6.07 Å². The molecule has 23 heavy (non-hydrogen) atoms. The second kappa shape index (κ2) is 8.01. The molecular formula is C16H20F2N2O3. The molecule has 1 heterocycles. The van der Waals surface area contributed by atoms with Gasteiger partial charge in [0.25, 0.3) is 0 Å². The summed E-state index contributed by atoms with van der Waals surface area (Å²) >= 11 is 0. The van der Waals surface area contributed by atoms with Gasteiger partial charge in [0.2, 0.25) is 5.91 Å². The molecule has 2 rings (SSSR count). The monoisotopic (exact) mass is 326 g/mol. The second-order valence-electron chi connectivity index (χ2n) is 5.48. The van der Waals surface area contributed by atoms with Gasteiger partial charge in [-0.2, -0.15) is 0 Å². The van der Waals surface area contributed by atoms with Crippen molar-refractivity contribution in [3.05, 3.63) is 35.4 Å². The van der Waals surface area contributed by atoms with Crippen LogP contribution in [0, 0.1) is 11.6 Å². The van der Waals surface area contributed by atoms with Gasteiger partial charge in [-0.25, -0.2) is 8.78 Å². The first kappa shape index (κ1) is 17.3. The number of carbonyl (C=O) groups excluding carboxylic acids is 2. The highest BCUT2D eigenvalue weighted by atomic mass is 19.2. The van der Waals surface area contributed by atoms with Gasteiger partial charge in [0.05, 0.1) is 13.5 Å². The number of nitrogens with zero attached hydrogens (tertiary/aromatic N) is 2. The second-order valence-corrected chi connectivity index (χ2v) is 5.48. The van der Waals surface area contributed by atoms with Crippen molar-refractivity contribution < 1.29 is 23.1 Å². The van der Waals surface area contributed by atoms with Crippen LogP contribution in [-0.2, 0) is 20.9 Å². The topological polar surface area (TPSA) is 49.9 Å². The van der Waals surface area contributed by atoms with Crippen LogP contribution in [0.25, 0.3) is 0 Å². The van der Waals surface area contributed by atoms with E-state index in [9.17, 15) is 18.4 Å². The summed E-state index contributed by atoms with van der Waals surface area (Å²) < 4.78 is 30.6. The molecule has 5 nitrogen and oxygen atoms in total. The highest BCUT2D eigenvalue weighted by Crippen LogP contribution is 2.13. The Balaban J connectivity index is 1.78. The summed E-state index contributed by atoms with van der Waals surface area (Å²) in [5.41, 5.74) is 0.703. The number of hydrogen-bond acceptors (Lipinski definition) is 4. The third-order valence-electron chi connectivity index (χ3n) is 3.89. The van der Waals surface area contributed by atoms with Gasteiger partial charge in [0.15, 0.2) is 11.6 Å². The third-order valence-corrected chi connectivity index (χ3v) is 3.89. The maximum atomic E-state index is 13.2. The van der Waals surface area contributed by atoms with Gasteiger partial charge in [-0.1, -0.05) is 6.07 Å². The van der Waals surface area contributed by atoms with Crippen molar-refractivity contribution in [3.63, 3.8) is 0 Å². The summed E-state index contributed by atoms with van der Waals surface area (Å²) in [5.74, 6) is -2.16. The van der Waals surface area contributed by atoms with Gasteiger partial charge in [0.1, 0.15) is 0 Å². The highest BCUT2D eigenvalue weighted by molar-refractivity contribution is 5.81. The molecule has 0 unspecified atom stereocenters. The number of piperazine rings is 1. The quantitative estimate of drug-likeness (QED) is 0.771. The van der Waals surface area contributed by atoms with E-state index < -0.39 is 17.6 Å². The molecule has 1 aromatic rings. The van der Waals surface area contributed by atoms with E-state index in [1.54, 1.807) is 11.0 Å². The fourth-order valence-corrected chi connectivity index (χ4v) is 2.52. The first-order valence-corrected chi connectivity index (χ1v) is 7.50. The molecule has 0 saturated carbocycles. The molecule has 7 heteroatoms. The standard InChI is InChI=1S/C16H20F2N2O3/c1-23-16(22)5-4-15(21)20-8-6-19(7-9-20)11-12-2-3-13(17)14(18)10-12/h2-3,10H,4-9,11H2,1H3. The Bertz CT molecular complexity index is 572. The van der Waals surface area contributed by atoms with Crippen molar-refractivity contribution in [2.75, 3.05) is 33.3 Å². The van der Waals surface area contributed by atoms with E-state index in [-0.39, 0.29) is 18.7 Å². The van der Waals surface area contributed by atoms with Crippen LogP contribution in [0.2, 0.25) is 0 Å². The number of ether oxygens (including phenoxy) is 1. The molecule has 0 aromatic heterocycles. The molecule has 0 radical (unpaired) electrons. The normalized spacial score (nSPS) is 15.5. The molecule has 0 atom stereocenters. The molecule has 1 amide bonds. The molecule has 1 aliphatic heterocycles. The number of esters is 1. The lowest BCUT2D eigenvalue weighted by Gasteiger charge is -2.34. The van der Waals surface area contributed by atoms with Gasteiger partial charge in [0, 0.05) is 39.1 Å². The Morgan fingerprint density at radius 1 is 1.09 bits per heavy atom. The Hall–Kier alpha value is -2.02. The smallest absolute Gasteiger partial charge is 0.306 e. The molecule has 0 bridgehead atoms. The zero-order valence-electron chi connectivity index (χ0n) is 13.1. The van der Waals surface area contributed by atoms with E-state index >= 15 is 0 Å². The molecule has 0 N–H and O–H groups in total. The molecule has 1 fully saturated rings. The van der Waals surface area contributed by atoms with E-state index in [0.29, 0.717) is 38.3 Å². The number of rotatable bonds is 5. The SMILES string of the molecule is COC(=O)CCC(=O)N1CCN(Cc2ccc(F)c(F)c2)CC1. The average Bonchev–Trinajstić information content (AvgIpc) is 2.56. The Morgan fingerprint density at radius 2 is 1.78 bits per heavy atom. The Kier molecular flexibility index (Phi) is 6.04. The summed E-state index contributed by atoms with van der Waals surface area (Å²) in [4.78, 5) is 26.8. The number of hydrogen-bond donors (Lipinski definition) is 0. The molecule has 126 valence electrons. The highest BCUT2D eigenvalue weighted by Gasteiger charge is 2.21. The zero-order valence-corrected chi connectivity index (χ0v) is 13.1. The van der Waals surface area contributed by atoms with Crippen LogP contribution in [0.4, 0.5) is 8.78 Å². The lowest BCUT2D eigenvalue weighted by molar-refractivity contribution is -0.144. The van der Waals surface area contributed by atoms with Crippen LogP contribution in [0.5, 0.6) is 0 Å². The summed E-state index contributed by atoms with van der Waals surface area (Å²) in [7, 11) is 1.30. The van der Waals surface area contributed by atoms with E-state index in [1.807, 2.05) is 0 Å². The van der Waals surface area contributed by atoms with Gasteiger partial charge in [-0.05, 0) is 17.7 Å². The van der Waals surface area contributed by atoms with Crippen LogP contribution < -0.4 is 0 Å². The van der Waals surface area contributed by atoms with Crippen LogP contribution in [-0.4, -0.2) is 55.0 Å². The van der Waals surface area contributed by atoms with Gasteiger partial charge >= 0.3 is 5.97 Å². The van der Waals surface area contributed by atoms with Crippen molar-refractivity contribution in [1.29, 1.82) is 0 Å². The number of methoxy groups -OCH3 is 1. The van der Waals surface area contributed by atoms with E-state index in [1.165, 1.54) is 13.2 Å². The predicted molar refractivity (Wildman–Crippen MR) is 79.5 cm³/mol. The third kappa shape index (κ3) is 4.99. The van der Waals surface area contributed by atoms with E-state index in [4.69, 9.17) is 0 Å². The zero-order chi connectivity index (χ0) is 16.8. The minimum absolute atomic E-state index is 0.0668. The van der Waals surface area contributed by atoms with Crippen LogP contribution in [0.15, 0.2) is 18.2 Å². The maximum absolute atomic E-state index is 13.2. The number of carbonyl (C=O) groups is 2. The summed E-state index contributed by atoms with van der Waals surface area (Å²) in [5, 5.41) is 0. The lowest BCUT2D eigenvalue weighted by Crippen LogP contribution is -2.48. The molecule has 1 aromatic carbocycles. The number of amides is 1. The van der Waals surface area contributed by atoms with Crippen molar-refractivity contribution in [1.82, 2.24) is 9.80 Å². The van der Waals surface area contributed by atoms with E-state index in [2.05, 4.69) is 9.64 Å². The van der Waals surface area contributed by atoms with Crippen LogP contribution >= 0.6 is 0 Å². The Labute approximate surface area is 133 Å². The Morgan fingerprint density at radius 3 is 2.39 bits per heavy atom. The molecule has 0 aliphatic carbocycles. The molecule has 1 saturated heterocycles. The van der Waals surface area contributed by atoms with Gasteiger partial charge in [-0.15, -0.1) is 0 Å². The minimum Gasteiger partial charge on any atom is -0.469 e. The van der Waals surface area contributed by atoms with Crippen molar-refractivity contribution >= 4 is 11.9 Å².